The first-order valence-corrected chi connectivity index (χ1v) is 11.6. The van der Waals surface area contributed by atoms with Crippen LogP contribution in [-0.4, -0.2) is 49.7 Å². The van der Waals surface area contributed by atoms with E-state index in [0.717, 1.165) is 18.4 Å². The van der Waals surface area contributed by atoms with E-state index in [1.165, 1.54) is 7.11 Å². The highest BCUT2D eigenvalue weighted by molar-refractivity contribution is 6.27. The molecule has 176 valence electrons. The van der Waals surface area contributed by atoms with Crippen molar-refractivity contribution in [1.29, 1.82) is 0 Å². The average Bonchev–Trinajstić information content (AvgIpc) is 2.71. The zero-order chi connectivity index (χ0) is 23.5. The number of hydrogen-bond donors (Lipinski definition) is 2. The molecular formula is C24H36BNO6. The van der Waals surface area contributed by atoms with Crippen molar-refractivity contribution >= 4 is 13.5 Å². The van der Waals surface area contributed by atoms with Crippen LogP contribution in [0.3, 0.4) is 0 Å². The zero-order valence-electron chi connectivity index (χ0n) is 20.1. The molecule has 7 nitrogen and oxygen atoms in total. The Morgan fingerprint density at radius 1 is 1.22 bits per heavy atom. The van der Waals surface area contributed by atoms with Crippen molar-refractivity contribution in [2.45, 2.75) is 77.2 Å². The van der Waals surface area contributed by atoms with Gasteiger partial charge in [-0.15, -0.1) is 0 Å². The lowest BCUT2D eigenvalue weighted by Gasteiger charge is -2.65. The third kappa shape index (κ3) is 3.60. The Balaban J connectivity index is 1.54. The Morgan fingerprint density at radius 3 is 2.56 bits per heavy atom. The van der Waals surface area contributed by atoms with Gasteiger partial charge in [-0.25, -0.2) is 4.79 Å². The molecular weight excluding hydrogens is 409 g/mol. The summed E-state index contributed by atoms with van der Waals surface area (Å²) < 4.78 is 23.3. The fourth-order valence-corrected chi connectivity index (χ4v) is 6.06. The minimum absolute atomic E-state index is 0.0807. The molecule has 1 aromatic rings. The number of rotatable bonds is 7. The molecule has 8 heteroatoms. The minimum atomic E-state index is -1.08. The second-order valence-corrected chi connectivity index (χ2v) is 10.8. The summed E-state index contributed by atoms with van der Waals surface area (Å²) in [6, 6.07) is 3.66. The largest absolute Gasteiger partial charge is 0.496 e. The molecule has 1 heterocycles. The van der Waals surface area contributed by atoms with Crippen LogP contribution in [0.15, 0.2) is 12.1 Å². The third-order valence-corrected chi connectivity index (χ3v) is 8.20. The number of aliphatic hydroxyl groups excluding tert-OH is 1. The number of cyclic esters (lactones) is 1. The van der Waals surface area contributed by atoms with Crippen molar-refractivity contribution in [3.63, 3.8) is 0 Å². The molecule has 0 saturated heterocycles. The maximum absolute atomic E-state index is 12.7. The Morgan fingerprint density at radius 2 is 1.94 bits per heavy atom. The highest BCUT2D eigenvalue weighted by Crippen LogP contribution is 2.63. The van der Waals surface area contributed by atoms with Crippen LogP contribution in [0.2, 0.25) is 6.32 Å². The third-order valence-electron chi connectivity index (χ3n) is 8.20. The van der Waals surface area contributed by atoms with Gasteiger partial charge in [0.25, 0.3) is 7.48 Å². The van der Waals surface area contributed by atoms with Crippen LogP contribution >= 0.6 is 0 Å². The van der Waals surface area contributed by atoms with E-state index >= 15 is 0 Å². The molecule has 4 aliphatic rings. The van der Waals surface area contributed by atoms with E-state index < -0.39 is 23.5 Å². The standard InChI is InChI=1S/C24H36BNO6/c1-22(2)14-9-17(22)24(5,18(27)10-14)32-25-11-13(12-26)15-7-8-16(29-6)19-20(15)30-23(3,4)31-21(19)28/h7-8,13-14,17-18,25,27H,9-12,26H2,1-6H3. The summed E-state index contributed by atoms with van der Waals surface area (Å²) in [6.45, 7) is 10.4. The first-order chi connectivity index (χ1) is 14.9. The second-order valence-electron chi connectivity index (χ2n) is 10.8. The van der Waals surface area contributed by atoms with Gasteiger partial charge in [0.15, 0.2) is 0 Å². The van der Waals surface area contributed by atoms with Crippen LogP contribution < -0.4 is 15.2 Å². The average molecular weight is 445 g/mol. The molecule has 3 N–H and O–H groups in total. The number of aliphatic hydroxyl groups is 1. The second kappa shape index (κ2) is 7.92. The molecule has 1 aliphatic heterocycles. The molecule has 5 rings (SSSR count). The van der Waals surface area contributed by atoms with Crippen molar-refractivity contribution in [3.05, 3.63) is 23.3 Å². The van der Waals surface area contributed by atoms with Gasteiger partial charge in [-0.05, 0) is 67.4 Å². The van der Waals surface area contributed by atoms with Crippen molar-refractivity contribution < 1.29 is 28.8 Å². The molecule has 0 amide bonds. The normalized spacial score (nSPS) is 32.6. The summed E-state index contributed by atoms with van der Waals surface area (Å²) >= 11 is 0. The summed E-state index contributed by atoms with van der Waals surface area (Å²) in [5.41, 5.74) is 6.93. The summed E-state index contributed by atoms with van der Waals surface area (Å²) in [7, 11) is 1.97. The van der Waals surface area contributed by atoms with Crippen LogP contribution in [0.1, 0.15) is 69.3 Å². The van der Waals surface area contributed by atoms with Gasteiger partial charge in [-0.2, -0.15) is 0 Å². The quantitative estimate of drug-likeness (QED) is 0.492. The van der Waals surface area contributed by atoms with Crippen molar-refractivity contribution in [1.82, 2.24) is 0 Å². The summed E-state index contributed by atoms with van der Waals surface area (Å²) in [6.07, 6.45) is 2.09. The summed E-state index contributed by atoms with van der Waals surface area (Å²) in [4.78, 5) is 12.7. The first kappa shape index (κ1) is 23.4. The molecule has 0 spiro atoms. The Bertz CT molecular complexity index is 903. The summed E-state index contributed by atoms with van der Waals surface area (Å²) in [5, 5.41) is 10.8. The van der Waals surface area contributed by atoms with E-state index in [2.05, 4.69) is 13.8 Å². The van der Waals surface area contributed by atoms with Gasteiger partial charge < -0.3 is 29.7 Å². The van der Waals surface area contributed by atoms with E-state index in [1.807, 2.05) is 13.0 Å². The number of esters is 1. The number of nitrogens with two attached hydrogens (primary N) is 1. The van der Waals surface area contributed by atoms with Gasteiger partial charge in [0.2, 0.25) is 5.79 Å². The van der Waals surface area contributed by atoms with Gasteiger partial charge >= 0.3 is 5.97 Å². The molecule has 3 fully saturated rings. The smallest absolute Gasteiger partial charge is 0.349 e. The van der Waals surface area contributed by atoms with Gasteiger partial charge in [-0.1, -0.05) is 19.9 Å². The van der Waals surface area contributed by atoms with Gasteiger partial charge in [0.05, 0.1) is 18.8 Å². The molecule has 5 unspecified atom stereocenters. The number of benzene rings is 1. The van der Waals surface area contributed by atoms with E-state index in [-0.39, 0.29) is 11.3 Å². The lowest BCUT2D eigenvalue weighted by molar-refractivity contribution is -0.234. The fourth-order valence-electron chi connectivity index (χ4n) is 6.06. The highest BCUT2D eigenvalue weighted by Gasteiger charge is 2.63. The predicted octanol–water partition coefficient (Wildman–Crippen LogP) is 2.99. The Kier molecular flexibility index (Phi) is 5.79. The molecule has 3 saturated carbocycles. The predicted molar refractivity (Wildman–Crippen MR) is 122 cm³/mol. The molecule has 0 aromatic heterocycles. The highest BCUT2D eigenvalue weighted by atomic mass is 16.7. The number of fused-ring (bicyclic) bond motifs is 3. The van der Waals surface area contributed by atoms with Crippen LogP contribution in [0.4, 0.5) is 0 Å². The van der Waals surface area contributed by atoms with Crippen molar-refractivity contribution in [3.8, 4) is 11.5 Å². The molecule has 32 heavy (non-hydrogen) atoms. The van der Waals surface area contributed by atoms with Gasteiger partial charge in [-0.3, -0.25) is 0 Å². The molecule has 1 aromatic carbocycles. The van der Waals surface area contributed by atoms with Crippen molar-refractivity contribution in [2.24, 2.45) is 23.0 Å². The zero-order valence-corrected chi connectivity index (χ0v) is 20.1. The number of hydrogen-bond acceptors (Lipinski definition) is 7. The topological polar surface area (TPSA) is 100 Å². The van der Waals surface area contributed by atoms with E-state index in [9.17, 15) is 9.90 Å². The lowest BCUT2D eigenvalue weighted by atomic mass is 9.43. The van der Waals surface area contributed by atoms with Crippen LogP contribution in [0.25, 0.3) is 0 Å². The Labute approximate surface area is 191 Å². The first-order valence-electron chi connectivity index (χ1n) is 11.6. The lowest BCUT2D eigenvalue weighted by Crippen LogP contribution is -2.67. The van der Waals surface area contributed by atoms with E-state index in [4.69, 9.17) is 24.6 Å². The summed E-state index contributed by atoms with van der Waals surface area (Å²) in [5.74, 6) is 0.162. The maximum Gasteiger partial charge on any atom is 0.349 e. The van der Waals surface area contributed by atoms with Crippen LogP contribution in [-0.2, 0) is 9.39 Å². The van der Waals surface area contributed by atoms with Gasteiger partial charge in [0.1, 0.15) is 17.1 Å². The number of methoxy groups -OCH3 is 1. The fraction of sp³-hybridized carbons (Fsp3) is 0.708. The molecule has 2 bridgehead atoms. The van der Waals surface area contributed by atoms with Crippen molar-refractivity contribution in [2.75, 3.05) is 13.7 Å². The van der Waals surface area contributed by atoms with E-state index in [1.54, 1.807) is 19.9 Å². The van der Waals surface area contributed by atoms with Crippen LogP contribution in [0.5, 0.6) is 11.5 Å². The number of carbonyl (C=O) groups is 1. The van der Waals surface area contributed by atoms with Gasteiger partial charge in [0, 0.05) is 13.8 Å². The monoisotopic (exact) mass is 445 g/mol. The van der Waals surface area contributed by atoms with Crippen LogP contribution in [0, 0.1) is 17.3 Å². The van der Waals surface area contributed by atoms with E-state index in [0.29, 0.717) is 49.2 Å². The number of carbonyl (C=O) groups excluding carboxylic acids is 1. The molecule has 0 radical (unpaired) electrons. The SMILES string of the molecule is COc1ccc(C(CN)CBOC2(C)C(O)CC3CC2C3(C)C)c2c1C(=O)OC(C)(C)O2. The molecule has 5 atom stereocenters. The maximum atomic E-state index is 12.7. The Hall–Kier alpha value is -1.77. The number of ether oxygens (including phenoxy) is 3. The minimum Gasteiger partial charge on any atom is -0.496 e. The molecule has 3 aliphatic carbocycles.